The molecule has 0 bridgehead atoms. The molecule has 0 aliphatic rings. The van der Waals surface area contributed by atoms with Gasteiger partial charge in [0.1, 0.15) is 11.5 Å². The summed E-state index contributed by atoms with van der Waals surface area (Å²) >= 11 is 0. The summed E-state index contributed by atoms with van der Waals surface area (Å²) in [6.07, 6.45) is 0.440. The number of rotatable bonds is 4. The second-order valence-corrected chi connectivity index (χ2v) is 3.22. The minimum Gasteiger partial charge on any atom is -0.508 e. The third-order valence-electron chi connectivity index (χ3n) is 2.32. The van der Waals surface area contributed by atoms with Crippen LogP contribution in [0.5, 0.6) is 11.5 Å². The number of ether oxygens (including phenoxy) is 1. The third-order valence-corrected chi connectivity index (χ3v) is 2.32. The van der Waals surface area contributed by atoms with Gasteiger partial charge in [-0.2, -0.15) is 0 Å². The topological polar surface area (TPSA) is 66.8 Å². The zero-order valence-corrected chi connectivity index (χ0v) is 8.73. The van der Waals surface area contributed by atoms with Crippen LogP contribution < -0.4 is 4.74 Å². The van der Waals surface area contributed by atoms with Gasteiger partial charge in [-0.15, -0.1) is 0 Å². The second kappa shape index (κ2) is 4.68. The number of hydrogen-bond donors (Lipinski definition) is 2. The molecule has 0 fully saturated rings. The van der Waals surface area contributed by atoms with Gasteiger partial charge in [0, 0.05) is 11.6 Å². The van der Waals surface area contributed by atoms with Crippen molar-refractivity contribution >= 4 is 5.97 Å². The monoisotopic (exact) mass is 210 g/mol. The summed E-state index contributed by atoms with van der Waals surface area (Å²) in [6, 6.07) is 4.64. The molecule has 1 rings (SSSR count). The van der Waals surface area contributed by atoms with Crippen molar-refractivity contribution in [3.05, 3.63) is 23.8 Å². The molecule has 2 N–H and O–H groups in total. The Balaban J connectivity index is 3.08. The number of methoxy groups -OCH3 is 1. The van der Waals surface area contributed by atoms with Crippen LogP contribution in [-0.2, 0) is 4.79 Å². The van der Waals surface area contributed by atoms with Gasteiger partial charge >= 0.3 is 5.97 Å². The fourth-order valence-electron chi connectivity index (χ4n) is 1.47. The summed E-state index contributed by atoms with van der Waals surface area (Å²) in [5.41, 5.74) is 0.422. The first kappa shape index (κ1) is 11.4. The van der Waals surface area contributed by atoms with Crippen LogP contribution in [0.3, 0.4) is 0 Å². The number of phenolic OH excluding ortho intramolecular Hbond substituents is 1. The molecule has 82 valence electrons. The van der Waals surface area contributed by atoms with E-state index in [0.717, 1.165) is 0 Å². The maximum Gasteiger partial charge on any atom is 0.311 e. The van der Waals surface area contributed by atoms with Crippen LogP contribution in [0.1, 0.15) is 24.8 Å². The van der Waals surface area contributed by atoms with Crippen LogP contribution >= 0.6 is 0 Å². The van der Waals surface area contributed by atoms with Crippen molar-refractivity contribution in [2.45, 2.75) is 19.3 Å². The van der Waals surface area contributed by atoms with Gasteiger partial charge in [-0.1, -0.05) is 13.0 Å². The van der Waals surface area contributed by atoms with Crippen molar-refractivity contribution in [3.63, 3.8) is 0 Å². The quantitative estimate of drug-likeness (QED) is 0.797. The van der Waals surface area contributed by atoms with Gasteiger partial charge in [-0.3, -0.25) is 4.79 Å². The van der Waals surface area contributed by atoms with Crippen molar-refractivity contribution < 1.29 is 19.7 Å². The maximum atomic E-state index is 10.9. The Morgan fingerprint density at radius 3 is 2.60 bits per heavy atom. The molecule has 1 aromatic carbocycles. The van der Waals surface area contributed by atoms with Crippen LogP contribution in [0.15, 0.2) is 18.2 Å². The number of aliphatic carboxylic acids is 1. The van der Waals surface area contributed by atoms with E-state index in [0.29, 0.717) is 17.7 Å². The summed E-state index contributed by atoms with van der Waals surface area (Å²) in [5.74, 6) is -1.13. The number of phenols is 1. The molecule has 4 heteroatoms. The van der Waals surface area contributed by atoms with E-state index in [4.69, 9.17) is 9.84 Å². The Bertz CT molecular complexity index is 360. The molecule has 0 aliphatic heterocycles. The maximum absolute atomic E-state index is 10.9. The number of carboxylic acid groups (broad SMARTS) is 1. The van der Waals surface area contributed by atoms with Gasteiger partial charge in [-0.25, -0.2) is 0 Å². The summed E-state index contributed by atoms with van der Waals surface area (Å²) < 4.78 is 4.92. The standard InChI is InChI=1S/C11H14O4/c1-3-8(11(13)14)9-5-4-7(15-2)6-10(9)12/h4-6,8,12H,3H2,1-2H3,(H,13,14). The summed E-state index contributed by atoms with van der Waals surface area (Å²) in [7, 11) is 1.49. The summed E-state index contributed by atoms with van der Waals surface area (Å²) in [4.78, 5) is 10.9. The fraction of sp³-hybridized carbons (Fsp3) is 0.364. The molecule has 4 nitrogen and oxygen atoms in total. The lowest BCUT2D eigenvalue weighted by molar-refractivity contribution is -0.138. The molecule has 0 saturated heterocycles. The average molecular weight is 210 g/mol. The third kappa shape index (κ3) is 2.40. The van der Waals surface area contributed by atoms with E-state index >= 15 is 0 Å². The van der Waals surface area contributed by atoms with Crippen LogP contribution in [-0.4, -0.2) is 23.3 Å². The van der Waals surface area contributed by atoms with E-state index in [9.17, 15) is 9.90 Å². The predicted molar refractivity (Wildman–Crippen MR) is 55.3 cm³/mol. The minimum absolute atomic E-state index is 0.0383. The lowest BCUT2D eigenvalue weighted by Crippen LogP contribution is -2.10. The second-order valence-electron chi connectivity index (χ2n) is 3.22. The number of aromatic hydroxyl groups is 1. The highest BCUT2D eigenvalue weighted by atomic mass is 16.5. The van der Waals surface area contributed by atoms with Crippen molar-refractivity contribution in [2.24, 2.45) is 0 Å². The van der Waals surface area contributed by atoms with E-state index < -0.39 is 11.9 Å². The molecule has 0 heterocycles. The number of carbonyl (C=O) groups is 1. The number of benzene rings is 1. The van der Waals surface area contributed by atoms with Crippen LogP contribution in [0, 0.1) is 0 Å². The Labute approximate surface area is 88.1 Å². The lowest BCUT2D eigenvalue weighted by Gasteiger charge is -2.12. The molecule has 1 aromatic rings. The van der Waals surface area contributed by atoms with E-state index in [1.165, 1.54) is 13.2 Å². The molecule has 0 radical (unpaired) electrons. The molecular weight excluding hydrogens is 196 g/mol. The van der Waals surface area contributed by atoms with E-state index in [2.05, 4.69) is 0 Å². The van der Waals surface area contributed by atoms with Gasteiger partial charge in [0.05, 0.1) is 13.0 Å². The normalized spacial score (nSPS) is 12.1. The van der Waals surface area contributed by atoms with Gasteiger partial charge in [-0.05, 0) is 12.5 Å². The zero-order chi connectivity index (χ0) is 11.4. The lowest BCUT2D eigenvalue weighted by atomic mass is 9.96. The smallest absolute Gasteiger partial charge is 0.311 e. The van der Waals surface area contributed by atoms with Gasteiger partial charge in [0.25, 0.3) is 0 Å². The van der Waals surface area contributed by atoms with Crippen LogP contribution in [0.25, 0.3) is 0 Å². The van der Waals surface area contributed by atoms with Gasteiger partial charge < -0.3 is 14.9 Å². The molecule has 0 amide bonds. The molecule has 0 aliphatic carbocycles. The van der Waals surface area contributed by atoms with Crippen molar-refractivity contribution in [1.82, 2.24) is 0 Å². The molecule has 0 aromatic heterocycles. The van der Waals surface area contributed by atoms with E-state index in [1.54, 1.807) is 19.1 Å². The fourth-order valence-corrected chi connectivity index (χ4v) is 1.47. The summed E-state index contributed by atoms with van der Waals surface area (Å²) in [6.45, 7) is 1.77. The highest BCUT2D eigenvalue weighted by Gasteiger charge is 2.20. The Morgan fingerprint density at radius 2 is 2.20 bits per heavy atom. The molecule has 15 heavy (non-hydrogen) atoms. The van der Waals surface area contributed by atoms with E-state index in [-0.39, 0.29) is 5.75 Å². The highest BCUT2D eigenvalue weighted by Crippen LogP contribution is 2.31. The molecular formula is C11H14O4. The highest BCUT2D eigenvalue weighted by molar-refractivity contribution is 5.77. The predicted octanol–water partition coefficient (Wildman–Crippen LogP) is 1.98. The van der Waals surface area contributed by atoms with Crippen LogP contribution in [0.2, 0.25) is 0 Å². The molecule has 1 atom stereocenters. The van der Waals surface area contributed by atoms with Crippen molar-refractivity contribution in [2.75, 3.05) is 7.11 Å². The number of carboxylic acids is 1. The first-order valence-corrected chi connectivity index (χ1v) is 4.69. The number of hydrogen-bond acceptors (Lipinski definition) is 3. The van der Waals surface area contributed by atoms with Crippen molar-refractivity contribution in [1.29, 1.82) is 0 Å². The average Bonchev–Trinajstić information content (AvgIpc) is 2.20. The van der Waals surface area contributed by atoms with Crippen LogP contribution in [0.4, 0.5) is 0 Å². The van der Waals surface area contributed by atoms with Gasteiger partial charge in [0.15, 0.2) is 0 Å². The molecule has 1 unspecified atom stereocenters. The molecule has 0 spiro atoms. The summed E-state index contributed by atoms with van der Waals surface area (Å²) in [5, 5.41) is 18.6. The van der Waals surface area contributed by atoms with Gasteiger partial charge in [0.2, 0.25) is 0 Å². The van der Waals surface area contributed by atoms with Crippen molar-refractivity contribution in [3.8, 4) is 11.5 Å². The zero-order valence-electron chi connectivity index (χ0n) is 8.73. The first-order valence-electron chi connectivity index (χ1n) is 4.69. The largest absolute Gasteiger partial charge is 0.508 e. The Kier molecular flexibility index (Phi) is 3.55. The Hall–Kier alpha value is -1.71. The molecule has 0 saturated carbocycles. The SMILES string of the molecule is CCC(C(=O)O)c1ccc(OC)cc1O. The Morgan fingerprint density at radius 1 is 1.53 bits per heavy atom. The minimum atomic E-state index is -0.932. The first-order chi connectivity index (χ1) is 7.10. The van der Waals surface area contributed by atoms with E-state index in [1.807, 2.05) is 0 Å².